The highest BCUT2D eigenvalue weighted by atomic mass is 16.4. The lowest BCUT2D eigenvalue weighted by Gasteiger charge is -2.37. The van der Waals surface area contributed by atoms with Gasteiger partial charge in [0.05, 0.1) is 17.8 Å². The van der Waals surface area contributed by atoms with Crippen molar-refractivity contribution < 1.29 is 19.8 Å². The van der Waals surface area contributed by atoms with Gasteiger partial charge in [-0.3, -0.25) is 9.59 Å². The Morgan fingerprint density at radius 1 is 1.25 bits per heavy atom. The van der Waals surface area contributed by atoms with E-state index in [1.54, 1.807) is 6.92 Å². The van der Waals surface area contributed by atoms with Gasteiger partial charge in [0, 0.05) is 12.6 Å². The van der Waals surface area contributed by atoms with Crippen LogP contribution in [0.25, 0.3) is 5.69 Å². The number of amides is 1. The molecule has 0 unspecified atom stereocenters. The molecule has 2 heterocycles. The number of likely N-dealkylation sites (tertiary alicyclic amines) is 1. The van der Waals surface area contributed by atoms with Gasteiger partial charge in [0.15, 0.2) is 11.4 Å². The number of para-hydroxylation sites is 1. The van der Waals surface area contributed by atoms with Crippen molar-refractivity contribution >= 4 is 11.9 Å². The molecule has 1 aliphatic rings. The predicted octanol–water partition coefficient (Wildman–Crippen LogP) is 1.90. The molecule has 0 radical (unpaired) electrons. The number of carboxylic acid groups (broad SMARTS) is 1. The van der Waals surface area contributed by atoms with Crippen LogP contribution in [-0.4, -0.2) is 49.4 Å². The molecule has 1 aromatic heterocycles. The summed E-state index contributed by atoms with van der Waals surface area (Å²) in [4.78, 5) is 25.5. The van der Waals surface area contributed by atoms with Crippen molar-refractivity contribution in [3.05, 3.63) is 42.2 Å². The molecule has 3 rings (SSSR count). The van der Waals surface area contributed by atoms with Crippen LogP contribution in [0.1, 0.15) is 30.3 Å². The number of carbonyl (C=O) groups is 2. The van der Waals surface area contributed by atoms with Crippen LogP contribution in [0.5, 0.6) is 5.75 Å². The molecule has 0 aliphatic carbocycles. The first-order valence-electron chi connectivity index (χ1n) is 7.87. The van der Waals surface area contributed by atoms with E-state index in [2.05, 4.69) is 5.10 Å². The molecule has 1 amide bonds. The number of nitrogens with zero attached hydrogens (tertiary/aromatic N) is 3. The van der Waals surface area contributed by atoms with Gasteiger partial charge in [-0.15, -0.1) is 0 Å². The van der Waals surface area contributed by atoms with Crippen LogP contribution in [0.4, 0.5) is 0 Å². The Bertz CT molecular complexity index is 756. The Labute approximate surface area is 139 Å². The van der Waals surface area contributed by atoms with Crippen LogP contribution in [0.2, 0.25) is 0 Å². The van der Waals surface area contributed by atoms with Gasteiger partial charge in [-0.25, -0.2) is 4.68 Å². The molecule has 1 aliphatic heterocycles. The van der Waals surface area contributed by atoms with Crippen LogP contribution >= 0.6 is 0 Å². The van der Waals surface area contributed by atoms with Crippen LogP contribution < -0.4 is 0 Å². The number of benzene rings is 1. The first-order valence-corrected chi connectivity index (χ1v) is 7.87. The highest BCUT2D eigenvalue weighted by molar-refractivity contribution is 5.95. The second kappa shape index (κ2) is 6.35. The van der Waals surface area contributed by atoms with Crippen molar-refractivity contribution in [2.45, 2.75) is 25.8 Å². The van der Waals surface area contributed by atoms with E-state index in [0.29, 0.717) is 19.4 Å². The number of aliphatic carboxylic acids is 1. The van der Waals surface area contributed by atoms with E-state index in [-0.39, 0.29) is 11.4 Å². The third-order valence-corrected chi connectivity index (χ3v) is 4.48. The van der Waals surface area contributed by atoms with E-state index in [0.717, 1.165) is 5.69 Å². The molecule has 7 heteroatoms. The zero-order valence-corrected chi connectivity index (χ0v) is 13.3. The molecule has 7 nitrogen and oxygen atoms in total. The van der Waals surface area contributed by atoms with Gasteiger partial charge < -0.3 is 15.1 Å². The fourth-order valence-electron chi connectivity index (χ4n) is 3.13. The normalized spacial score (nSPS) is 20.8. The van der Waals surface area contributed by atoms with Gasteiger partial charge in [-0.05, 0) is 31.9 Å². The number of hydrogen-bond donors (Lipinski definition) is 2. The lowest BCUT2D eigenvalue weighted by Crippen LogP contribution is -2.49. The summed E-state index contributed by atoms with van der Waals surface area (Å²) in [5.41, 5.74) is 0.665. The number of hydrogen-bond acceptors (Lipinski definition) is 4. The van der Waals surface area contributed by atoms with Gasteiger partial charge in [0.1, 0.15) is 0 Å². The number of aromatic nitrogens is 2. The molecule has 2 aromatic rings. The number of rotatable bonds is 3. The SMILES string of the molecule is C[C@@H]1[C@H](C(=O)O)CCCN1C(=O)c1nn(-c2ccccc2)cc1O. The van der Waals surface area contributed by atoms with E-state index in [9.17, 15) is 19.8 Å². The molecule has 0 saturated carbocycles. The summed E-state index contributed by atoms with van der Waals surface area (Å²) in [5, 5.41) is 23.6. The molecule has 0 bridgehead atoms. The Morgan fingerprint density at radius 3 is 2.62 bits per heavy atom. The summed E-state index contributed by atoms with van der Waals surface area (Å²) in [6, 6.07) is 8.71. The number of piperidine rings is 1. The second-order valence-electron chi connectivity index (χ2n) is 5.97. The molecular formula is C17H19N3O4. The van der Waals surface area contributed by atoms with E-state index in [1.165, 1.54) is 15.8 Å². The molecule has 2 atom stereocenters. The lowest BCUT2D eigenvalue weighted by atomic mass is 9.90. The Kier molecular flexibility index (Phi) is 4.24. The highest BCUT2D eigenvalue weighted by Crippen LogP contribution is 2.27. The average Bonchev–Trinajstić information content (AvgIpc) is 2.97. The molecular weight excluding hydrogens is 310 g/mol. The summed E-state index contributed by atoms with van der Waals surface area (Å²) in [5.74, 6) is -2.16. The van der Waals surface area contributed by atoms with Crippen LogP contribution in [0, 0.1) is 5.92 Å². The minimum Gasteiger partial charge on any atom is -0.504 e. The zero-order chi connectivity index (χ0) is 17.3. The molecule has 0 spiro atoms. The summed E-state index contributed by atoms with van der Waals surface area (Å²) in [6.07, 6.45) is 2.55. The number of carboxylic acids is 1. The summed E-state index contributed by atoms with van der Waals surface area (Å²) in [6.45, 7) is 2.18. The summed E-state index contributed by atoms with van der Waals surface area (Å²) >= 11 is 0. The Hall–Kier alpha value is -2.83. The maximum atomic E-state index is 12.7. The Morgan fingerprint density at radius 2 is 1.96 bits per heavy atom. The average molecular weight is 329 g/mol. The third kappa shape index (κ3) is 2.84. The molecule has 126 valence electrons. The van der Waals surface area contributed by atoms with Gasteiger partial charge >= 0.3 is 5.97 Å². The number of carbonyl (C=O) groups excluding carboxylic acids is 1. The van der Waals surface area contributed by atoms with Crippen molar-refractivity contribution in [3.8, 4) is 11.4 Å². The fourth-order valence-corrected chi connectivity index (χ4v) is 3.13. The molecule has 1 aromatic carbocycles. The zero-order valence-electron chi connectivity index (χ0n) is 13.3. The van der Waals surface area contributed by atoms with Gasteiger partial charge in [0.25, 0.3) is 5.91 Å². The molecule has 1 saturated heterocycles. The van der Waals surface area contributed by atoms with E-state index in [4.69, 9.17) is 0 Å². The van der Waals surface area contributed by atoms with Gasteiger partial charge in [0.2, 0.25) is 0 Å². The first kappa shape index (κ1) is 16.0. The smallest absolute Gasteiger partial charge is 0.308 e. The van der Waals surface area contributed by atoms with E-state index >= 15 is 0 Å². The van der Waals surface area contributed by atoms with Gasteiger partial charge in [-0.2, -0.15) is 5.10 Å². The lowest BCUT2D eigenvalue weighted by molar-refractivity contribution is -0.144. The minimum absolute atomic E-state index is 0.0586. The maximum absolute atomic E-state index is 12.7. The van der Waals surface area contributed by atoms with Crippen LogP contribution in [0.15, 0.2) is 36.5 Å². The Balaban J connectivity index is 1.88. The first-order chi connectivity index (χ1) is 11.5. The predicted molar refractivity (Wildman–Crippen MR) is 86.1 cm³/mol. The largest absolute Gasteiger partial charge is 0.504 e. The third-order valence-electron chi connectivity index (χ3n) is 4.48. The van der Waals surface area contributed by atoms with E-state index < -0.39 is 23.8 Å². The second-order valence-corrected chi connectivity index (χ2v) is 5.97. The van der Waals surface area contributed by atoms with Crippen molar-refractivity contribution in [1.29, 1.82) is 0 Å². The quantitative estimate of drug-likeness (QED) is 0.897. The molecule has 2 N–H and O–H groups in total. The van der Waals surface area contributed by atoms with E-state index in [1.807, 2.05) is 30.3 Å². The van der Waals surface area contributed by atoms with Crippen molar-refractivity contribution in [1.82, 2.24) is 14.7 Å². The van der Waals surface area contributed by atoms with Crippen LogP contribution in [-0.2, 0) is 4.79 Å². The molecule has 24 heavy (non-hydrogen) atoms. The maximum Gasteiger partial charge on any atom is 0.308 e. The number of aromatic hydroxyl groups is 1. The topological polar surface area (TPSA) is 95.7 Å². The fraction of sp³-hybridized carbons (Fsp3) is 0.353. The highest BCUT2D eigenvalue weighted by Gasteiger charge is 2.37. The standard InChI is InChI=1S/C17H19N3O4/c1-11-13(17(23)24)8-5-9-19(11)16(22)15-14(21)10-20(18-15)12-6-3-2-4-7-12/h2-4,6-7,10-11,13,21H,5,8-9H2,1H3,(H,23,24)/t11-,13-/m1/s1. The van der Waals surface area contributed by atoms with Crippen LogP contribution in [0.3, 0.4) is 0 Å². The van der Waals surface area contributed by atoms with Crippen molar-refractivity contribution in [2.24, 2.45) is 5.92 Å². The van der Waals surface area contributed by atoms with Crippen molar-refractivity contribution in [2.75, 3.05) is 6.54 Å². The minimum atomic E-state index is -0.904. The van der Waals surface area contributed by atoms with Crippen molar-refractivity contribution in [3.63, 3.8) is 0 Å². The van der Waals surface area contributed by atoms with Gasteiger partial charge in [-0.1, -0.05) is 18.2 Å². The monoisotopic (exact) mass is 329 g/mol. The summed E-state index contributed by atoms with van der Waals surface area (Å²) in [7, 11) is 0. The summed E-state index contributed by atoms with van der Waals surface area (Å²) < 4.78 is 1.44. The molecule has 1 fully saturated rings.